The summed E-state index contributed by atoms with van der Waals surface area (Å²) < 4.78 is 41.3. The fourth-order valence-electron chi connectivity index (χ4n) is 3.94. The van der Waals surface area contributed by atoms with E-state index in [9.17, 15) is 13.2 Å². The van der Waals surface area contributed by atoms with Gasteiger partial charge in [0.25, 0.3) is 0 Å². The molecule has 1 aliphatic heterocycles. The lowest BCUT2D eigenvalue weighted by atomic mass is 9.89. The van der Waals surface area contributed by atoms with Gasteiger partial charge in [-0.25, -0.2) is 0 Å². The van der Waals surface area contributed by atoms with E-state index in [4.69, 9.17) is 0 Å². The Bertz CT molecular complexity index is 944. The summed E-state index contributed by atoms with van der Waals surface area (Å²) in [5.41, 5.74) is 3.07. The Labute approximate surface area is 161 Å². The molecule has 6 heteroatoms. The van der Waals surface area contributed by atoms with Gasteiger partial charge >= 0.3 is 6.36 Å². The molecule has 3 aromatic rings. The Morgan fingerprint density at radius 2 is 1.79 bits per heavy atom. The number of hydrogen-bond acceptors (Lipinski definition) is 3. The van der Waals surface area contributed by atoms with Gasteiger partial charge in [-0.15, -0.1) is 13.2 Å². The van der Waals surface area contributed by atoms with Crippen LogP contribution in [0.5, 0.6) is 5.75 Å². The van der Waals surface area contributed by atoms with Gasteiger partial charge in [0, 0.05) is 30.4 Å². The molecule has 2 aromatic carbocycles. The molecule has 0 amide bonds. The molecular formula is C22H21F3N2O. The molecule has 146 valence electrons. The van der Waals surface area contributed by atoms with Crippen LogP contribution in [0.1, 0.15) is 18.4 Å². The highest BCUT2D eigenvalue weighted by molar-refractivity contribution is 5.91. The normalized spacial score (nSPS) is 15.8. The van der Waals surface area contributed by atoms with Crippen molar-refractivity contribution < 1.29 is 17.9 Å². The lowest BCUT2D eigenvalue weighted by Crippen LogP contribution is -2.34. The van der Waals surface area contributed by atoms with E-state index in [0.29, 0.717) is 5.92 Å². The monoisotopic (exact) mass is 386 g/mol. The van der Waals surface area contributed by atoms with E-state index >= 15 is 0 Å². The number of aromatic nitrogens is 1. The van der Waals surface area contributed by atoms with Crippen LogP contribution in [0.15, 0.2) is 60.8 Å². The van der Waals surface area contributed by atoms with Crippen molar-refractivity contribution in [3.8, 4) is 5.75 Å². The summed E-state index contributed by atoms with van der Waals surface area (Å²) >= 11 is 0. The largest absolute Gasteiger partial charge is 0.573 e. The van der Waals surface area contributed by atoms with Crippen LogP contribution in [0.25, 0.3) is 10.9 Å². The van der Waals surface area contributed by atoms with Gasteiger partial charge in [0.15, 0.2) is 0 Å². The van der Waals surface area contributed by atoms with Crippen LogP contribution in [0.3, 0.4) is 0 Å². The molecule has 0 atom stereocenters. The van der Waals surface area contributed by atoms with Crippen molar-refractivity contribution in [1.82, 2.24) is 4.98 Å². The fraction of sp³-hybridized carbons (Fsp3) is 0.318. The Morgan fingerprint density at radius 3 is 2.57 bits per heavy atom. The molecular weight excluding hydrogens is 365 g/mol. The SMILES string of the molecule is FC(F)(F)Oc1cccc(CC2CCN(c3cccc4ncccc34)CC2)c1. The molecule has 28 heavy (non-hydrogen) atoms. The highest BCUT2D eigenvalue weighted by Gasteiger charge is 2.31. The van der Waals surface area contributed by atoms with Crippen LogP contribution in [-0.2, 0) is 6.42 Å². The third-order valence-electron chi connectivity index (χ3n) is 5.23. The minimum absolute atomic E-state index is 0.148. The summed E-state index contributed by atoms with van der Waals surface area (Å²) in [5, 5.41) is 1.15. The highest BCUT2D eigenvalue weighted by atomic mass is 19.4. The van der Waals surface area contributed by atoms with Crippen molar-refractivity contribution in [2.75, 3.05) is 18.0 Å². The van der Waals surface area contributed by atoms with Crippen LogP contribution in [0.4, 0.5) is 18.9 Å². The van der Waals surface area contributed by atoms with Gasteiger partial charge < -0.3 is 9.64 Å². The van der Waals surface area contributed by atoms with Crippen LogP contribution in [0.2, 0.25) is 0 Å². The van der Waals surface area contributed by atoms with E-state index in [1.54, 1.807) is 12.3 Å². The first-order valence-corrected chi connectivity index (χ1v) is 9.41. The van der Waals surface area contributed by atoms with E-state index < -0.39 is 6.36 Å². The minimum atomic E-state index is -4.66. The van der Waals surface area contributed by atoms with E-state index in [0.717, 1.165) is 48.8 Å². The Hall–Kier alpha value is -2.76. The zero-order chi connectivity index (χ0) is 19.6. The molecule has 1 aliphatic rings. The first-order valence-electron chi connectivity index (χ1n) is 9.41. The van der Waals surface area contributed by atoms with Gasteiger partial charge in [0.2, 0.25) is 0 Å². The molecule has 4 rings (SSSR count). The number of benzene rings is 2. The smallest absolute Gasteiger partial charge is 0.406 e. The second kappa shape index (κ2) is 7.70. The van der Waals surface area contributed by atoms with Crippen LogP contribution < -0.4 is 9.64 Å². The molecule has 2 heterocycles. The van der Waals surface area contributed by atoms with Gasteiger partial charge in [-0.3, -0.25) is 4.98 Å². The zero-order valence-electron chi connectivity index (χ0n) is 15.3. The standard InChI is InChI=1S/C22H21F3N2O/c23-22(24,25)28-18-5-1-4-17(15-18)14-16-9-12-27(13-10-16)21-8-2-7-20-19(21)6-3-11-26-20/h1-8,11,15-16H,9-10,12-14H2. The van der Waals surface area contributed by atoms with Gasteiger partial charge in [-0.05, 0) is 67.1 Å². The molecule has 0 unspecified atom stereocenters. The van der Waals surface area contributed by atoms with Crippen LogP contribution in [0, 0.1) is 5.92 Å². The third kappa shape index (κ3) is 4.38. The van der Waals surface area contributed by atoms with E-state index in [1.165, 1.54) is 17.8 Å². The summed E-state index contributed by atoms with van der Waals surface area (Å²) in [6.07, 6.45) is -0.0890. The summed E-state index contributed by atoms with van der Waals surface area (Å²) in [7, 11) is 0. The molecule has 1 saturated heterocycles. The third-order valence-corrected chi connectivity index (χ3v) is 5.23. The maximum Gasteiger partial charge on any atom is 0.573 e. The number of ether oxygens (including phenoxy) is 1. The van der Waals surface area contributed by atoms with Crippen molar-refractivity contribution in [3.05, 3.63) is 66.4 Å². The molecule has 0 N–H and O–H groups in total. The second-order valence-electron chi connectivity index (χ2n) is 7.18. The lowest BCUT2D eigenvalue weighted by Gasteiger charge is -2.34. The molecule has 0 aliphatic carbocycles. The lowest BCUT2D eigenvalue weighted by molar-refractivity contribution is -0.274. The van der Waals surface area contributed by atoms with Crippen LogP contribution >= 0.6 is 0 Å². The van der Waals surface area contributed by atoms with Crippen molar-refractivity contribution in [1.29, 1.82) is 0 Å². The second-order valence-corrected chi connectivity index (χ2v) is 7.18. The molecule has 0 saturated carbocycles. The number of halogens is 3. The number of pyridine rings is 1. The summed E-state index contributed by atoms with van der Waals surface area (Å²) in [5.74, 6) is 0.302. The summed E-state index contributed by atoms with van der Waals surface area (Å²) in [6.45, 7) is 1.86. The number of nitrogens with zero attached hydrogens (tertiary/aromatic N) is 2. The number of hydrogen-bond donors (Lipinski definition) is 0. The number of anilines is 1. The van der Waals surface area contributed by atoms with Crippen molar-refractivity contribution in [3.63, 3.8) is 0 Å². The average molecular weight is 386 g/mol. The molecule has 0 radical (unpaired) electrons. The summed E-state index contributed by atoms with van der Waals surface area (Å²) in [6, 6.07) is 16.5. The van der Waals surface area contributed by atoms with E-state index in [1.807, 2.05) is 24.3 Å². The zero-order valence-corrected chi connectivity index (χ0v) is 15.3. The van der Waals surface area contributed by atoms with Crippen molar-refractivity contribution >= 4 is 16.6 Å². The Kier molecular flexibility index (Phi) is 5.11. The topological polar surface area (TPSA) is 25.4 Å². The van der Waals surface area contributed by atoms with E-state index in [-0.39, 0.29) is 5.75 Å². The highest BCUT2D eigenvalue weighted by Crippen LogP contribution is 2.31. The number of piperidine rings is 1. The van der Waals surface area contributed by atoms with Gasteiger partial charge in [0.05, 0.1) is 5.52 Å². The predicted octanol–water partition coefficient (Wildman–Crippen LogP) is 5.59. The molecule has 0 bridgehead atoms. The number of fused-ring (bicyclic) bond motifs is 1. The predicted molar refractivity (Wildman–Crippen MR) is 104 cm³/mol. The minimum Gasteiger partial charge on any atom is -0.406 e. The van der Waals surface area contributed by atoms with Gasteiger partial charge in [0.1, 0.15) is 5.75 Å². The van der Waals surface area contributed by atoms with Crippen molar-refractivity contribution in [2.45, 2.75) is 25.6 Å². The average Bonchev–Trinajstić information content (AvgIpc) is 2.67. The summed E-state index contributed by atoms with van der Waals surface area (Å²) in [4.78, 5) is 6.80. The molecule has 1 aromatic heterocycles. The Balaban J connectivity index is 1.40. The number of alkyl halides is 3. The molecule has 1 fully saturated rings. The van der Waals surface area contributed by atoms with Gasteiger partial charge in [-0.2, -0.15) is 0 Å². The van der Waals surface area contributed by atoms with E-state index in [2.05, 4.69) is 26.8 Å². The molecule has 0 spiro atoms. The maximum atomic E-state index is 12.4. The number of rotatable bonds is 4. The first-order chi connectivity index (χ1) is 13.5. The molecule has 3 nitrogen and oxygen atoms in total. The quantitative estimate of drug-likeness (QED) is 0.584. The maximum absolute atomic E-state index is 12.4. The Morgan fingerprint density at radius 1 is 1.00 bits per heavy atom. The fourth-order valence-corrected chi connectivity index (χ4v) is 3.94. The van der Waals surface area contributed by atoms with Crippen molar-refractivity contribution in [2.24, 2.45) is 5.92 Å². The van der Waals surface area contributed by atoms with Gasteiger partial charge in [-0.1, -0.05) is 18.2 Å². The first kappa shape index (κ1) is 18.6. The van der Waals surface area contributed by atoms with Crippen LogP contribution in [-0.4, -0.2) is 24.4 Å².